The van der Waals surface area contributed by atoms with Gasteiger partial charge in [-0.2, -0.15) is 0 Å². The maximum Gasteiger partial charge on any atom is 0.513 e. The molecule has 170 valence electrons. The van der Waals surface area contributed by atoms with Crippen molar-refractivity contribution in [3.05, 3.63) is 52.7 Å². The van der Waals surface area contributed by atoms with E-state index in [2.05, 4.69) is 0 Å². The highest BCUT2D eigenvalue weighted by molar-refractivity contribution is 5.94. The standard InChI is InChI=1S/C25H29NO6/c1-7-18-16(3)24(32-25(27)30-13-12-28-5)22-17(4)23(15(2)14-19(22)26-18)31-21-11-9-8-10-20(21)29-6/h8-11,14H,7,12-13H2,1-6H3. The van der Waals surface area contributed by atoms with E-state index in [1.54, 1.807) is 7.11 Å². The van der Waals surface area contributed by atoms with Gasteiger partial charge in [0.05, 0.1) is 24.6 Å². The number of methoxy groups -OCH3 is 2. The highest BCUT2D eigenvalue weighted by Gasteiger charge is 2.22. The van der Waals surface area contributed by atoms with Crippen LogP contribution in [-0.2, 0) is 15.9 Å². The average Bonchev–Trinajstić information content (AvgIpc) is 2.78. The lowest BCUT2D eigenvalue weighted by Gasteiger charge is -2.19. The van der Waals surface area contributed by atoms with E-state index in [1.807, 2.05) is 58.0 Å². The van der Waals surface area contributed by atoms with Gasteiger partial charge in [0.25, 0.3) is 0 Å². The Morgan fingerprint density at radius 3 is 2.34 bits per heavy atom. The molecule has 7 nitrogen and oxygen atoms in total. The van der Waals surface area contributed by atoms with E-state index >= 15 is 0 Å². The van der Waals surface area contributed by atoms with Crippen LogP contribution in [0.15, 0.2) is 30.3 Å². The van der Waals surface area contributed by atoms with Gasteiger partial charge in [0, 0.05) is 23.9 Å². The van der Waals surface area contributed by atoms with Crippen LogP contribution in [0.5, 0.6) is 23.0 Å². The monoisotopic (exact) mass is 439 g/mol. The van der Waals surface area contributed by atoms with Gasteiger partial charge in [-0.05, 0) is 51.0 Å². The summed E-state index contributed by atoms with van der Waals surface area (Å²) in [4.78, 5) is 17.2. The van der Waals surface area contributed by atoms with Crippen LogP contribution >= 0.6 is 0 Å². The molecule has 0 aliphatic heterocycles. The Bertz CT molecular complexity index is 1130. The normalized spacial score (nSPS) is 10.8. The number of aryl methyl sites for hydroxylation is 3. The van der Waals surface area contributed by atoms with E-state index in [-0.39, 0.29) is 6.61 Å². The van der Waals surface area contributed by atoms with Crippen LogP contribution in [0.3, 0.4) is 0 Å². The summed E-state index contributed by atoms with van der Waals surface area (Å²) in [6.45, 7) is 8.20. The Morgan fingerprint density at radius 1 is 0.969 bits per heavy atom. The van der Waals surface area contributed by atoms with Gasteiger partial charge in [-0.25, -0.2) is 4.79 Å². The lowest BCUT2D eigenvalue weighted by Crippen LogP contribution is -2.15. The quantitative estimate of drug-likeness (QED) is 0.330. The number of benzene rings is 2. The van der Waals surface area contributed by atoms with Crippen molar-refractivity contribution in [1.82, 2.24) is 4.98 Å². The van der Waals surface area contributed by atoms with E-state index in [0.29, 0.717) is 41.4 Å². The third-order valence-corrected chi connectivity index (χ3v) is 5.25. The van der Waals surface area contributed by atoms with Crippen molar-refractivity contribution >= 4 is 17.1 Å². The number of hydrogen-bond donors (Lipinski definition) is 0. The van der Waals surface area contributed by atoms with Crippen molar-refractivity contribution in [1.29, 1.82) is 0 Å². The minimum Gasteiger partial charge on any atom is -0.493 e. The van der Waals surface area contributed by atoms with Crippen LogP contribution in [0.25, 0.3) is 10.9 Å². The van der Waals surface area contributed by atoms with Crippen molar-refractivity contribution in [3.8, 4) is 23.0 Å². The molecule has 0 fully saturated rings. The first-order valence-electron chi connectivity index (χ1n) is 10.5. The second-order valence-electron chi connectivity index (χ2n) is 7.35. The van der Waals surface area contributed by atoms with E-state index in [9.17, 15) is 4.79 Å². The zero-order valence-corrected chi connectivity index (χ0v) is 19.4. The van der Waals surface area contributed by atoms with Crippen molar-refractivity contribution in [3.63, 3.8) is 0 Å². The van der Waals surface area contributed by atoms with Crippen LogP contribution in [0, 0.1) is 20.8 Å². The number of pyridine rings is 1. The third kappa shape index (κ3) is 4.78. The molecule has 0 bridgehead atoms. The SMILES string of the molecule is CCc1nc2cc(C)c(Oc3ccccc3OC)c(C)c2c(OC(=O)OCCOC)c1C. The summed E-state index contributed by atoms with van der Waals surface area (Å²) in [5.41, 5.74) is 4.10. The number of hydrogen-bond acceptors (Lipinski definition) is 7. The molecule has 0 aliphatic carbocycles. The number of carbonyl (C=O) groups is 1. The van der Waals surface area contributed by atoms with Gasteiger partial charge in [-0.15, -0.1) is 0 Å². The fraction of sp³-hybridized carbons (Fsp3) is 0.360. The smallest absolute Gasteiger partial charge is 0.493 e. The predicted octanol–water partition coefficient (Wildman–Crippen LogP) is 5.69. The molecular formula is C25H29NO6. The van der Waals surface area contributed by atoms with Crippen molar-refractivity contribution in [2.75, 3.05) is 27.4 Å². The van der Waals surface area contributed by atoms with E-state index in [0.717, 1.165) is 27.9 Å². The fourth-order valence-electron chi connectivity index (χ4n) is 3.63. The number of ether oxygens (including phenoxy) is 5. The molecule has 0 atom stereocenters. The maximum atomic E-state index is 12.4. The molecule has 0 saturated carbocycles. The third-order valence-electron chi connectivity index (χ3n) is 5.25. The molecule has 3 rings (SSSR count). The molecular weight excluding hydrogens is 410 g/mol. The summed E-state index contributed by atoms with van der Waals surface area (Å²) in [5, 5.41) is 0.707. The van der Waals surface area contributed by atoms with Gasteiger partial charge in [-0.3, -0.25) is 4.98 Å². The van der Waals surface area contributed by atoms with Crippen LogP contribution in [0.4, 0.5) is 4.79 Å². The summed E-state index contributed by atoms with van der Waals surface area (Å²) < 4.78 is 27.4. The van der Waals surface area contributed by atoms with Crippen LogP contribution in [-0.4, -0.2) is 38.6 Å². The summed E-state index contributed by atoms with van der Waals surface area (Å²) in [6, 6.07) is 9.38. The first-order chi connectivity index (χ1) is 15.4. The Kier molecular flexibility index (Phi) is 7.53. The van der Waals surface area contributed by atoms with Gasteiger partial charge in [0.2, 0.25) is 0 Å². The summed E-state index contributed by atoms with van der Waals surface area (Å²) >= 11 is 0. The van der Waals surface area contributed by atoms with Gasteiger partial charge >= 0.3 is 6.16 Å². The number of para-hydroxylation sites is 2. The highest BCUT2D eigenvalue weighted by Crippen LogP contribution is 2.42. The zero-order chi connectivity index (χ0) is 23.3. The Hall–Kier alpha value is -3.32. The number of carbonyl (C=O) groups excluding carboxylic acids is 1. The number of rotatable bonds is 8. The van der Waals surface area contributed by atoms with Crippen LogP contribution in [0.2, 0.25) is 0 Å². The molecule has 32 heavy (non-hydrogen) atoms. The Morgan fingerprint density at radius 2 is 1.69 bits per heavy atom. The number of fused-ring (bicyclic) bond motifs is 1. The largest absolute Gasteiger partial charge is 0.513 e. The fourth-order valence-corrected chi connectivity index (χ4v) is 3.63. The topological polar surface area (TPSA) is 76.1 Å². The maximum absolute atomic E-state index is 12.4. The average molecular weight is 440 g/mol. The second-order valence-corrected chi connectivity index (χ2v) is 7.35. The lowest BCUT2D eigenvalue weighted by atomic mass is 9.99. The molecule has 7 heteroatoms. The molecule has 0 unspecified atom stereocenters. The van der Waals surface area contributed by atoms with Gasteiger partial charge < -0.3 is 23.7 Å². The van der Waals surface area contributed by atoms with Crippen molar-refractivity contribution < 1.29 is 28.5 Å². The second kappa shape index (κ2) is 10.3. The van der Waals surface area contributed by atoms with Crippen LogP contribution < -0.4 is 14.2 Å². The first-order valence-corrected chi connectivity index (χ1v) is 10.5. The van der Waals surface area contributed by atoms with Crippen molar-refractivity contribution in [2.24, 2.45) is 0 Å². The molecule has 1 aromatic heterocycles. The molecule has 1 heterocycles. The van der Waals surface area contributed by atoms with Gasteiger partial charge in [0.15, 0.2) is 11.5 Å². The molecule has 0 saturated heterocycles. The first kappa shape index (κ1) is 23.3. The zero-order valence-electron chi connectivity index (χ0n) is 19.4. The predicted molar refractivity (Wildman–Crippen MR) is 122 cm³/mol. The highest BCUT2D eigenvalue weighted by atomic mass is 16.7. The molecule has 0 aliphatic rings. The minimum absolute atomic E-state index is 0.109. The molecule has 2 aromatic carbocycles. The molecule has 0 amide bonds. The van der Waals surface area contributed by atoms with E-state index in [4.69, 9.17) is 28.7 Å². The number of nitrogens with zero attached hydrogens (tertiary/aromatic N) is 1. The molecule has 3 aromatic rings. The Balaban J connectivity index is 2.13. The number of aromatic nitrogens is 1. The van der Waals surface area contributed by atoms with Gasteiger partial charge in [-0.1, -0.05) is 19.1 Å². The summed E-state index contributed by atoms with van der Waals surface area (Å²) in [6.07, 6.45) is -0.0825. The molecule has 0 spiro atoms. The summed E-state index contributed by atoms with van der Waals surface area (Å²) in [5.74, 6) is 2.30. The molecule has 0 radical (unpaired) electrons. The minimum atomic E-state index is -0.785. The van der Waals surface area contributed by atoms with E-state index in [1.165, 1.54) is 7.11 Å². The van der Waals surface area contributed by atoms with Crippen LogP contribution in [0.1, 0.15) is 29.3 Å². The van der Waals surface area contributed by atoms with Crippen molar-refractivity contribution in [2.45, 2.75) is 34.1 Å². The lowest BCUT2D eigenvalue weighted by molar-refractivity contribution is 0.0687. The molecule has 0 N–H and O–H groups in total. The van der Waals surface area contributed by atoms with Gasteiger partial charge in [0.1, 0.15) is 18.1 Å². The summed E-state index contributed by atoms with van der Waals surface area (Å²) in [7, 11) is 3.14. The Labute approximate surface area is 188 Å². The van der Waals surface area contributed by atoms with E-state index < -0.39 is 6.16 Å².